The van der Waals surface area contributed by atoms with Crippen LogP contribution in [0.15, 0.2) is 42.5 Å². The zero-order chi connectivity index (χ0) is 21.4. The van der Waals surface area contributed by atoms with Gasteiger partial charge < -0.3 is 15.2 Å². The third kappa shape index (κ3) is 3.71. The van der Waals surface area contributed by atoms with Crippen LogP contribution < -0.4 is 5.32 Å². The molecule has 0 bridgehead atoms. The van der Waals surface area contributed by atoms with E-state index in [0.29, 0.717) is 6.54 Å². The molecule has 0 radical (unpaired) electrons. The highest BCUT2D eigenvalue weighted by atomic mass is 16.5. The fraction of sp³-hybridized carbons (Fsp3) is 0.333. The van der Waals surface area contributed by atoms with Gasteiger partial charge in [0.2, 0.25) is 0 Å². The molecule has 1 amide bonds. The summed E-state index contributed by atoms with van der Waals surface area (Å²) in [6.45, 7) is 5.80. The van der Waals surface area contributed by atoms with Crippen molar-refractivity contribution < 1.29 is 14.6 Å². The number of aromatic nitrogens is 2. The second-order valence-electron chi connectivity index (χ2n) is 8.20. The van der Waals surface area contributed by atoms with Crippen LogP contribution in [0.5, 0.6) is 5.75 Å². The second-order valence-corrected chi connectivity index (χ2v) is 8.20. The molecule has 1 fully saturated rings. The molecular formula is C24H26N4O3. The van der Waals surface area contributed by atoms with E-state index in [-0.39, 0.29) is 23.3 Å². The molecule has 3 aromatic rings. The first-order valence-electron chi connectivity index (χ1n) is 10.7. The third-order valence-corrected chi connectivity index (χ3v) is 6.26. The molecule has 7 heteroatoms. The van der Waals surface area contributed by atoms with Crippen molar-refractivity contribution in [3.05, 3.63) is 59.2 Å². The topological polar surface area (TPSA) is 90.5 Å². The van der Waals surface area contributed by atoms with Crippen molar-refractivity contribution in [3.63, 3.8) is 0 Å². The Morgan fingerprint density at radius 1 is 1.26 bits per heavy atom. The van der Waals surface area contributed by atoms with E-state index in [9.17, 15) is 9.90 Å². The predicted molar refractivity (Wildman–Crippen MR) is 118 cm³/mol. The Labute approximate surface area is 181 Å². The number of ether oxygens (including phenoxy) is 1. The van der Waals surface area contributed by atoms with Crippen LogP contribution in [-0.4, -0.2) is 65.0 Å². The van der Waals surface area contributed by atoms with E-state index in [1.165, 1.54) is 11.1 Å². The van der Waals surface area contributed by atoms with E-state index in [1.54, 1.807) is 12.1 Å². The number of carbonyl (C=O) groups excluding carboxylic acids is 1. The third-order valence-electron chi connectivity index (χ3n) is 6.26. The number of aromatic hydroxyl groups is 1. The van der Waals surface area contributed by atoms with Gasteiger partial charge >= 0.3 is 0 Å². The maximum Gasteiger partial charge on any atom is 0.255 e. The Balaban J connectivity index is 1.30. The Morgan fingerprint density at radius 2 is 2.06 bits per heavy atom. The van der Waals surface area contributed by atoms with Gasteiger partial charge in [-0.2, -0.15) is 5.10 Å². The van der Waals surface area contributed by atoms with Crippen LogP contribution in [0.25, 0.3) is 22.5 Å². The molecule has 7 nitrogen and oxygen atoms in total. The fourth-order valence-electron chi connectivity index (χ4n) is 4.46. The number of morpholine rings is 1. The van der Waals surface area contributed by atoms with Crippen LogP contribution in [0, 0.1) is 0 Å². The van der Waals surface area contributed by atoms with Crippen molar-refractivity contribution in [3.8, 4) is 28.3 Å². The number of hydrogen-bond donors (Lipinski definition) is 3. The minimum atomic E-state index is -0.274. The molecule has 1 saturated heterocycles. The molecule has 0 saturated carbocycles. The number of benzene rings is 2. The first-order chi connectivity index (χ1) is 15.1. The standard InChI is InChI=1S/C24H26N4O3/c1-15(28-8-10-31-11-9-28)14-25-24(30)19-7-6-17(13-21(19)29)22-20-12-16-4-2-3-5-18(16)23(20)27-26-22/h2-7,13,15,29H,8-12,14H2,1H3,(H,25,30)(H,26,27). The molecule has 1 aliphatic heterocycles. The summed E-state index contributed by atoms with van der Waals surface area (Å²) in [6.07, 6.45) is 0.805. The first kappa shape index (κ1) is 19.8. The number of aromatic amines is 1. The SMILES string of the molecule is CC(CNC(=O)c1ccc(-c2n[nH]c3c2Cc2ccccc2-3)cc1O)N1CCOCC1. The van der Waals surface area contributed by atoms with E-state index < -0.39 is 0 Å². The molecule has 0 spiro atoms. The van der Waals surface area contributed by atoms with Gasteiger partial charge in [-0.05, 0) is 24.6 Å². The minimum absolute atomic E-state index is 0.0405. The van der Waals surface area contributed by atoms with Crippen LogP contribution in [0.2, 0.25) is 0 Å². The molecule has 5 rings (SSSR count). The number of nitrogens with one attached hydrogen (secondary N) is 2. The van der Waals surface area contributed by atoms with E-state index >= 15 is 0 Å². The molecule has 1 aromatic heterocycles. The van der Waals surface area contributed by atoms with Crippen molar-refractivity contribution in [1.82, 2.24) is 20.4 Å². The number of fused-ring (bicyclic) bond motifs is 3. The molecule has 2 heterocycles. The Bertz CT molecular complexity index is 1120. The number of rotatable bonds is 5. The largest absolute Gasteiger partial charge is 0.507 e. The van der Waals surface area contributed by atoms with E-state index in [2.05, 4.69) is 39.5 Å². The van der Waals surface area contributed by atoms with Gasteiger partial charge in [-0.25, -0.2) is 0 Å². The highest BCUT2D eigenvalue weighted by Crippen LogP contribution is 2.40. The summed E-state index contributed by atoms with van der Waals surface area (Å²) >= 11 is 0. The molecule has 2 aromatic carbocycles. The number of phenols is 1. The number of carbonyl (C=O) groups is 1. The lowest BCUT2D eigenvalue weighted by atomic mass is 10.0. The highest BCUT2D eigenvalue weighted by molar-refractivity contribution is 5.97. The van der Waals surface area contributed by atoms with Crippen molar-refractivity contribution in [1.29, 1.82) is 0 Å². The first-order valence-corrected chi connectivity index (χ1v) is 10.7. The molecule has 1 atom stereocenters. The molecule has 160 valence electrons. The van der Waals surface area contributed by atoms with E-state index in [0.717, 1.165) is 55.2 Å². The van der Waals surface area contributed by atoms with Crippen molar-refractivity contribution in [2.75, 3.05) is 32.8 Å². The van der Waals surface area contributed by atoms with Crippen LogP contribution >= 0.6 is 0 Å². The number of hydrogen-bond acceptors (Lipinski definition) is 5. The molecular weight excluding hydrogens is 392 g/mol. The number of H-pyrrole nitrogens is 1. The van der Waals surface area contributed by atoms with Gasteiger partial charge in [-0.3, -0.25) is 14.8 Å². The normalized spacial score (nSPS) is 16.5. The Morgan fingerprint density at radius 3 is 2.87 bits per heavy atom. The summed E-state index contributed by atoms with van der Waals surface area (Å²) in [6, 6.07) is 13.6. The average molecular weight is 418 g/mol. The lowest BCUT2D eigenvalue weighted by Crippen LogP contribution is -2.47. The zero-order valence-corrected chi connectivity index (χ0v) is 17.5. The number of amides is 1. The van der Waals surface area contributed by atoms with Crippen LogP contribution in [0.1, 0.15) is 28.4 Å². The van der Waals surface area contributed by atoms with Crippen molar-refractivity contribution in [2.45, 2.75) is 19.4 Å². The van der Waals surface area contributed by atoms with Crippen LogP contribution in [-0.2, 0) is 11.2 Å². The van der Waals surface area contributed by atoms with Gasteiger partial charge in [-0.15, -0.1) is 0 Å². The Hall–Kier alpha value is -3.16. The molecule has 2 aliphatic rings. The van der Waals surface area contributed by atoms with Gasteiger partial charge in [-0.1, -0.05) is 30.3 Å². The molecule has 1 aliphatic carbocycles. The van der Waals surface area contributed by atoms with Gasteiger partial charge in [0, 0.05) is 48.8 Å². The number of nitrogens with zero attached hydrogens (tertiary/aromatic N) is 2. The minimum Gasteiger partial charge on any atom is -0.507 e. The monoisotopic (exact) mass is 418 g/mol. The van der Waals surface area contributed by atoms with Crippen LogP contribution in [0.4, 0.5) is 0 Å². The summed E-state index contributed by atoms with van der Waals surface area (Å²) in [5, 5.41) is 21.1. The average Bonchev–Trinajstić information content (AvgIpc) is 3.37. The van der Waals surface area contributed by atoms with Crippen molar-refractivity contribution in [2.24, 2.45) is 0 Å². The lowest BCUT2D eigenvalue weighted by Gasteiger charge is -2.32. The van der Waals surface area contributed by atoms with Gasteiger partial charge in [0.05, 0.1) is 30.2 Å². The lowest BCUT2D eigenvalue weighted by molar-refractivity contribution is 0.0204. The van der Waals surface area contributed by atoms with Crippen LogP contribution in [0.3, 0.4) is 0 Å². The number of phenolic OH excluding ortho intramolecular Hbond substituents is 1. The summed E-state index contributed by atoms with van der Waals surface area (Å²) < 4.78 is 5.38. The van der Waals surface area contributed by atoms with Gasteiger partial charge in [0.1, 0.15) is 5.75 Å². The Kier molecular flexibility index (Phi) is 5.21. The molecule has 31 heavy (non-hydrogen) atoms. The maximum atomic E-state index is 12.7. The van der Waals surface area contributed by atoms with E-state index in [1.807, 2.05) is 18.2 Å². The zero-order valence-electron chi connectivity index (χ0n) is 17.5. The molecule has 3 N–H and O–H groups in total. The summed E-state index contributed by atoms with van der Waals surface area (Å²) in [7, 11) is 0. The van der Waals surface area contributed by atoms with Gasteiger partial charge in [0.15, 0.2) is 0 Å². The van der Waals surface area contributed by atoms with E-state index in [4.69, 9.17) is 4.74 Å². The fourth-order valence-corrected chi connectivity index (χ4v) is 4.46. The maximum absolute atomic E-state index is 12.7. The summed E-state index contributed by atoms with van der Waals surface area (Å²) in [4.78, 5) is 14.9. The summed E-state index contributed by atoms with van der Waals surface area (Å²) in [5.74, 6) is -0.315. The predicted octanol–water partition coefficient (Wildman–Crippen LogP) is 2.80. The van der Waals surface area contributed by atoms with Crippen molar-refractivity contribution >= 4 is 5.91 Å². The summed E-state index contributed by atoms with van der Waals surface area (Å²) in [5.41, 5.74) is 6.47. The van der Waals surface area contributed by atoms with Gasteiger partial charge in [0.25, 0.3) is 5.91 Å². The molecule has 1 unspecified atom stereocenters. The highest BCUT2D eigenvalue weighted by Gasteiger charge is 2.25. The smallest absolute Gasteiger partial charge is 0.255 e. The second kappa shape index (κ2) is 8.17. The quantitative estimate of drug-likeness (QED) is 0.464.